The van der Waals surface area contributed by atoms with E-state index in [0.717, 1.165) is 51.4 Å². The fourth-order valence-electron chi connectivity index (χ4n) is 11.4. The Balaban J connectivity index is 1.60. The number of carbonyl (C=O) groups excluding carboxylic acids is 1. The van der Waals surface area contributed by atoms with Crippen LogP contribution in [0.3, 0.4) is 0 Å². The first-order valence-electron chi connectivity index (χ1n) is 14.9. The van der Waals surface area contributed by atoms with Gasteiger partial charge in [0.15, 0.2) is 0 Å². The van der Waals surface area contributed by atoms with Crippen LogP contribution in [0, 0.1) is 56.2 Å². The number of allylic oxidation sites excluding steroid dienone is 2. The van der Waals surface area contributed by atoms with Gasteiger partial charge in [0, 0.05) is 24.5 Å². The van der Waals surface area contributed by atoms with Gasteiger partial charge in [-0.3, -0.25) is 4.79 Å². The highest BCUT2D eigenvalue weighted by Crippen LogP contribution is 2.76. The summed E-state index contributed by atoms with van der Waals surface area (Å²) in [5.74, 6) is 0.570. The average Bonchev–Trinajstić information content (AvgIpc) is 2.83. The molecule has 0 spiro atoms. The minimum atomic E-state index is -0.610. The zero-order valence-electron chi connectivity index (χ0n) is 24.4. The van der Waals surface area contributed by atoms with Crippen LogP contribution in [0.2, 0.25) is 0 Å². The molecular weight excluding hydrogens is 464 g/mol. The van der Waals surface area contributed by atoms with Crippen LogP contribution in [0.4, 0.5) is 0 Å². The second-order valence-electron chi connectivity index (χ2n) is 15.6. The van der Waals surface area contributed by atoms with E-state index < -0.39 is 16.9 Å². The van der Waals surface area contributed by atoms with Crippen molar-refractivity contribution < 1.29 is 24.9 Å². The molecule has 0 aromatic heterocycles. The number of methoxy groups -OCH3 is 1. The molecule has 10 unspecified atom stereocenters. The lowest BCUT2D eigenvalue weighted by atomic mass is 9.33. The van der Waals surface area contributed by atoms with Crippen molar-refractivity contribution in [3.8, 4) is 0 Å². The van der Waals surface area contributed by atoms with Gasteiger partial charge in [0.2, 0.25) is 0 Å². The maximum absolute atomic E-state index is 13.4. The monoisotopic (exact) mass is 516 g/mol. The number of hydrogen-bond acceptors (Lipinski definition) is 5. The van der Waals surface area contributed by atoms with E-state index in [1.165, 1.54) is 5.57 Å². The van der Waals surface area contributed by atoms with Crippen LogP contribution in [0.25, 0.3) is 0 Å². The van der Waals surface area contributed by atoms with Gasteiger partial charge in [-0.15, -0.1) is 0 Å². The largest absolute Gasteiger partial charge is 0.469 e. The van der Waals surface area contributed by atoms with Crippen molar-refractivity contribution in [1.82, 2.24) is 0 Å². The topological polar surface area (TPSA) is 87.0 Å². The molecule has 5 rings (SSSR count). The molecule has 5 aliphatic carbocycles. The van der Waals surface area contributed by atoms with Gasteiger partial charge in [-0.1, -0.05) is 53.2 Å². The fourth-order valence-corrected chi connectivity index (χ4v) is 11.4. The molecule has 3 N–H and O–H groups in total. The van der Waals surface area contributed by atoms with Crippen LogP contribution in [-0.2, 0) is 9.53 Å². The van der Waals surface area contributed by atoms with E-state index in [1.807, 2.05) is 0 Å². The molecule has 4 saturated carbocycles. The minimum Gasteiger partial charge on any atom is -0.469 e. The third-order valence-electron chi connectivity index (χ3n) is 13.8. The Bertz CT molecular complexity index is 972. The van der Waals surface area contributed by atoms with Gasteiger partial charge in [0.05, 0.1) is 18.6 Å². The maximum atomic E-state index is 13.4. The first-order valence-corrected chi connectivity index (χ1v) is 14.9. The van der Waals surface area contributed by atoms with Crippen LogP contribution in [-0.4, -0.2) is 47.7 Å². The molecule has 0 aromatic carbocycles. The summed E-state index contributed by atoms with van der Waals surface area (Å²) in [4.78, 5) is 13.4. The van der Waals surface area contributed by atoms with Gasteiger partial charge in [0.25, 0.3) is 0 Å². The summed E-state index contributed by atoms with van der Waals surface area (Å²) in [5.41, 5.74) is 0.745. The lowest BCUT2D eigenvalue weighted by Crippen LogP contribution is -2.67. The van der Waals surface area contributed by atoms with Crippen LogP contribution < -0.4 is 0 Å². The number of hydrogen-bond donors (Lipinski definition) is 3. The molecule has 0 heterocycles. The molecule has 10 atom stereocenters. The highest BCUT2D eigenvalue weighted by Gasteiger charge is 2.70. The second-order valence-corrected chi connectivity index (χ2v) is 15.6. The normalized spacial score (nSPS) is 52.6. The molecule has 210 valence electrons. The molecule has 0 aromatic rings. The predicted molar refractivity (Wildman–Crippen MR) is 144 cm³/mol. The van der Waals surface area contributed by atoms with E-state index >= 15 is 0 Å². The number of aliphatic hydroxyl groups is 3. The molecular formula is C32H52O5. The van der Waals surface area contributed by atoms with Crippen molar-refractivity contribution in [3.63, 3.8) is 0 Å². The van der Waals surface area contributed by atoms with Crippen LogP contribution in [0.15, 0.2) is 11.6 Å². The molecule has 5 heteroatoms. The minimum absolute atomic E-state index is 0.00383. The Labute approximate surface area is 224 Å². The lowest BCUT2D eigenvalue weighted by Gasteiger charge is -2.72. The Morgan fingerprint density at radius 1 is 0.973 bits per heavy atom. The van der Waals surface area contributed by atoms with Crippen LogP contribution in [0.5, 0.6) is 0 Å². The standard InChI is InChI=1S/C32H52O5/c1-27(2)12-14-32(26(36)37-7)15-13-30(5)20(21(32)16-27)8-9-25-28(3)17-23(35)22(18-33)29(4,19-34)24(28)10-11-31(25,30)6/h8,21-25,33-35H,9-19H2,1-7H3. The molecule has 0 aliphatic heterocycles. The van der Waals surface area contributed by atoms with Crippen LogP contribution in [0.1, 0.15) is 99.3 Å². The van der Waals surface area contributed by atoms with E-state index in [9.17, 15) is 20.1 Å². The zero-order chi connectivity index (χ0) is 27.2. The highest BCUT2D eigenvalue weighted by atomic mass is 16.5. The number of ether oxygens (including phenoxy) is 1. The number of rotatable bonds is 3. The predicted octanol–water partition coefficient (Wildman–Crippen LogP) is 5.51. The number of carbonyl (C=O) groups is 1. The summed E-state index contributed by atoms with van der Waals surface area (Å²) in [5, 5.41) is 32.1. The van der Waals surface area contributed by atoms with Gasteiger partial charge in [-0.05, 0) is 97.2 Å². The molecule has 0 radical (unpaired) electrons. The first kappa shape index (κ1) is 27.6. The molecule has 4 fully saturated rings. The van der Waals surface area contributed by atoms with E-state index in [-0.39, 0.29) is 58.6 Å². The molecule has 0 bridgehead atoms. The summed E-state index contributed by atoms with van der Waals surface area (Å²) in [6.07, 6.45) is 10.5. The molecule has 37 heavy (non-hydrogen) atoms. The van der Waals surface area contributed by atoms with E-state index in [4.69, 9.17) is 4.74 Å². The van der Waals surface area contributed by atoms with Crippen molar-refractivity contribution in [2.75, 3.05) is 20.3 Å². The van der Waals surface area contributed by atoms with Gasteiger partial charge in [0.1, 0.15) is 0 Å². The highest BCUT2D eigenvalue weighted by molar-refractivity contribution is 5.78. The third kappa shape index (κ3) is 3.41. The molecule has 5 nitrogen and oxygen atoms in total. The summed E-state index contributed by atoms with van der Waals surface area (Å²) >= 11 is 0. The fraction of sp³-hybridized carbons (Fsp3) is 0.906. The third-order valence-corrected chi connectivity index (χ3v) is 13.8. The Kier molecular flexibility index (Phi) is 6.38. The molecule has 0 amide bonds. The quantitative estimate of drug-likeness (QED) is 0.340. The lowest BCUT2D eigenvalue weighted by molar-refractivity contribution is -0.233. The van der Waals surface area contributed by atoms with Crippen molar-refractivity contribution in [2.24, 2.45) is 56.2 Å². The summed E-state index contributed by atoms with van der Waals surface area (Å²) in [6.45, 7) is 14.1. The van der Waals surface area contributed by atoms with Gasteiger partial charge in [-0.2, -0.15) is 0 Å². The van der Waals surface area contributed by atoms with Crippen molar-refractivity contribution >= 4 is 5.97 Å². The average molecular weight is 517 g/mol. The Morgan fingerprint density at radius 3 is 2.27 bits per heavy atom. The van der Waals surface area contributed by atoms with Crippen LogP contribution >= 0.6 is 0 Å². The summed E-state index contributed by atoms with van der Waals surface area (Å²) in [6, 6.07) is 0. The van der Waals surface area contributed by atoms with Gasteiger partial charge < -0.3 is 20.1 Å². The van der Waals surface area contributed by atoms with Gasteiger partial charge in [-0.25, -0.2) is 0 Å². The molecule has 5 aliphatic rings. The Morgan fingerprint density at radius 2 is 1.65 bits per heavy atom. The maximum Gasteiger partial charge on any atom is 0.312 e. The number of fused-ring (bicyclic) bond motifs is 7. The second kappa shape index (κ2) is 8.54. The van der Waals surface area contributed by atoms with Crippen molar-refractivity contribution in [1.29, 1.82) is 0 Å². The van der Waals surface area contributed by atoms with Gasteiger partial charge >= 0.3 is 5.97 Å². The zero-order valence-corrected chi connectivity index (χ0v) is 24.4. The first-order chi connectivity index (χ1) is 17.2. The summed E-state index contributed by atoms with van der Waals surface area (Å²) in [7, 11) is 1.56. The SMILES string of the molecule is COC(=O)C12CCC(C)(C)CC1C1=CCC3C4(C)CC(O)C(CO)C(C)(CO)C4CCC3(C)C1(C)CC2. The van der Waals surface area contributed by atoms with E-state index in [0.29, 0.717) is 12.3 Å². The Hall–Kier alpha value is -0.910. The number of esters is 1. The van der Waals surface area contributed by atoms with E-state index in [1.54, 1.807) is 7.11 Å². The van der Waals surface area contributed by atoms with Crippen molar-refractivity contribution in [2.45, 2.75) is 105 Å². The molecule has 0 saturated heterocycles. The summed E-state index contributed by atoms with van der Waals surface area (Å²) < 4.78 is 5.48. The van der Waals surface area contributed by atoms with E-state index in [2.05, 4.69) is 47.6 Å². The smallest absolute Gasteiger partial charge is 0.312 e. The van der Waals surface area contributed by atoms with Crippen molar-refractivity contribution in [3.05, 3.63) is 11.6 Å². The number of aliphatic hydroxyl groups excluding tert-OH is 3.